The fourth-order valence-electron chi connectivity index (χ4n) is 2.86. The van der Waals surface area contributed by atoms with Crippen LogP contribution >= 0.6 is 0 Å². The Hall–Kier alpha value is -1.67. The summed E-state index contributed by atoms with van der Waals surface area (Å²) in [6.45, 7) is 3.05. The minimum Gasteiger partial charge on any atom is -0.352 e. The van der Waals surface area contributed by atoms with Gasteiger partial charge in [-0.05, 0) is 31.4 Å². The summed E-state index contributed by atoms with van der Waals surface area (Å²) < 4.78 is 0. The molecule has 88 valence electrons. The van der Waals surface area contributed by atoms with Gasteiger partial charge in [0.25, 0.3) is 0 Å². The van der Waals surface area contributed by atoms with Crippen LogP contribution < -0.4 is 10.2 Å². The molecule has 3 heterocycles. The van der Waals surface area contributed by atoms with Crippen molar-refractivity contribution in [3.63, 3.8) is 0 Å². The Labute approximate surface area is 100 Å². The first kappa shape index (κ1) is 10.5. The second-order valence-corrected chi connectivity index (χ2v) is 4.75. The maximum absolute atomic E-state index is 9.08. The Morgan fingerprint density at radius 1 is 1.47 bits per heavy atom. The van der Waals surface area contributed by atoms with Crippen molar-refractivity contribution >= 4 is 5.82 Å². The molecule has 0 spiro atoms. The second kappa shape index (κ2) is 4.30. The second-order valence-electron chi connectivity index (χ2n) is 4.75. The van der Waals surface area contributed by atoms with E-state index in [0.29, 0.717) is 17.5 Å². The summed E-state index contributed by atoms with van der Waals surface area (Å²) in [7, 11) is 0. The lowest BCUT2D eigenvalue weighted by atomic mass is 9.94. The van der Waals surface area contributed by atoms with Crippen LogP contribution in [0.5, 0.6) is 0 Å². The van der Waals surface area contributed by atoms with Gasteiger partial charge in [0.15, 0.2) is 5.82 Å². The Kier molecular flexibility index (Phi) is 2.65. The highest BCUT2D eigenvalue weighted by molar-refractivity contribution is 5.53. The molecule has 0 radical (unpaired) electrons. The van der Waals surface area contributed by atoms with Crippen molar-refractivity contribution < 1.29 is 0 Å². The summed E-state index contributed by atoms with van der Waals surface area (Å²) in [5, 5.41) is 20.6. The third-order valence-electron chi connectivity index (χ3n) is 3.72. The summed E-state index contributed by atoms with van der Waals surface area (Å²) in [6.07, 6.45) is 4.10. The molecule has 1 aromatic heterocycles. The molecule has 0 unspecified atom stereocenters. The Bertz CT molecular complexity index is 438. The van der Waals surface area contributed by atoms with Crippen LogP contribution in [0.2, 0.25) is 0 Å². The van der Waals surface area contributed by atoms with Gasteiger partial charge in [-0.3, -0.25) is 0 Å². The molecule has 0 aromatic carbocycles. The van der Waals surface area contributed by atoms with Crippen molar-refractivity contribution in [2.45, 2.75) is 18.9 Å². The van der Waals surface area contributed by atoms with Gasteiger partial charge in [0.2, 0.25) is 0 Å². The lowest BCUT2D eigenvalue weighted by Crippen LogP contribution is -2.40. The van der Waals surface area contributed by atoms with Crippen LogP contribution in [0.25, 0.3) is 0 Å². The molecule has 2 atom stereocenters. The number of nitrogens with one attached hydrogen (secondary N) is 1. The fourth-order valence-corrected chi connectivity index (χ4v) is 2.86. The smallest absolute Gasteiger partial charge is 0.169 e. The normalized spacial score (nSPS) is 27.6. The van der Waals surface area contributed by atoms with E-state index in [-0.39, 0.29) is 0 Å². The predicted octanol–water partition coefficient (Wildman–Crippen LogP) is 0.536. The number of anilines is 1. The van der Waals surface area contributed by atoms with Gasteiger partial charge in [0, 0.05) is 19.1 Å². The van der Waals surface area contributed by atoms with Crippen LogP contribution in [0.15, 0.2) is 12.3 Å². The van der Waals surface area contributed by atoms with Crippen LogP contribution in [0.4, 0.5) is 5.82 Å². The van der Waals surface area contributed by atoms with Crippen LogP contribution in [0.1, 0.15) is 18.4 Å². The monoisotopic (exact) mass is 229 g/mol. The molecule has 2 saturated heterocycles. The average molecular weight is 229 g/mol. The molecule has 2 aliphatic rings. The Morgan fingerprint density at radius 3 is 3.24 bits per heavy atom. The van der Waals surface area contributed by atoms with Gasteiger partial charge < -0.3 is 10.2 Å². The summed E-state index contributed by atoms with van der Waals surface area (Å²) >= 11 is 0. The van der Waals surface area contributed by atoms with Crippen LogP contribution in [0, 0.1) is 17.2 Å². The third-order valence-corrected chi connectivity index (χ3v) is 3.72. The minimum atomic E-state index is 0.553. The maximum atomic E-state index is 9.08. The predicted molar refractivity (Wildman–Crippen MR) is 63.5 cm³/mol. The first-order valence-corrected chi connectivity index (χ1v) is 6.08. The highest BCUT2D eigenvalue weighted by Gasteiger charge is 2.35. The molecule has 0 aliphatic carbocycles. The SMILES string of the molecule is N#Cc1ccnnc1N1C[C@@H]2CCCN[C@@H]2C1. The summed E-state index contributed by atoms with van der Waals surface area (Å²) in [6, 6.07) is 4.48. The van der Waals surface area contributed by atoms with Crippen LogP contribution in [-0.4, -0.2) is 35.9 Å². The maximum Gasteiger partial charge on any atom is 0.169 e. The van der Waals surface area contributed by atoms with Gasteiger partial charge in [0.1, 0.15) is 6.07 Å². The van der Waals surface area contributed by atoms with E-state index in [1.165, 1.54) is 12.8 Å². The molecule has 1 aromatic rings. The first-order valence-electron chi connectivity index (χ1n) is 6.08. The molecule has 2 aliphatic heterocycles. The number of fused-ring (bicyclic) bond motifs is 1. The zero-order chi connectivity index (χ0) is 11.7. The van der Waals surface area contributed by atoms with Crippen molar-refractivity contribution in [3.8, 4) is 6.07 Å². The number of rotatable bonds is 1. The molecule has 17 heavy (non-hydrogen) atoms. The minimum absolute atomic E-state index is 0.553. The van der Waals surface area contributed by atoms with Crippen LogP contribution in [0.3, 0.4) is 0 Å². The molecule has 1 N–H and O–H groups in total. The first-order chi connectivity index (χ1) is 8.38. The fraction of sp³-hybridized carbons (Fsp3) is 0.583. The molecule has 5 nitrogen and oxygen atoms in total. The molecule has 3 rings (SSSR count). The topological polar surface area (TPSA) is 64.8 Å². The van der Waals surface area contributed by atoms with Gasteiger partial charge in [-0.1, -0.05) is 0 Å². The number of nitrogens with zero attached hydrogens (tertiary/aromatic N) is 4. The standard InChI is InChI=1S/C12H15N5/c13-6-9-3-5-15-16-12(9)17-7-10-2-1-4-14-11(10)8-17/h3,5,10-11,14H,1-2,4,7-8H2/t10-,11+/m0/s1. The van der Waals surface area contributed by atoms with Gasteiger partial charge >= 0.3 is 0 Å². The quantitative estimate of drug-likeness (QED) is 0.761. The largest absolute Gasteiger partial charge is 0.352 e. The van der Waals surface area contributed by atoms with Gasteiger partial charge in [0.05, 0.1) is 11.8 Å². The number of piperidine rings is 1. The van der Waals surface area contributed by atoms with Crippen molar-refractivity contribution in [1.29, 1.82) is 5.26 Å². The van der Waals surface area contributed by atoms with Crippen molar-refractivity contribution in [2.24, 2.45) is 5.92 Å². The van der Waals surface area contributed by atoms with E-state index in [2.05, 4.69) is 26.5 Å². The van der Waals surface area contributed by atoms with Crippen molar-refractivity contribution in [3.05, 3.63) is 17.8 Å². The zero-order valence-corrected chi connectivity index (χ0v) is 9.63. The summed E-state index contributed by atoms with van der Waals surface area (Å²) in [5.41, 5.74) is 0.624. The van der Waals surface area contributed by atoms with E-state index in [9.17, 15) is 0 Å². The lowest BCUT2D eigenvalue weighted by Gasteiger charge is -2.24. The zero-order valence-electron chi connectivity index (χ0n) is 9.63. The molecule has 0 saturated carbocycles. The Balaban J connectivity index is 1.84. The van der Waals surface area contributed by atoms with E-state index in [4.69, 9.17) is 5.26 Å². The molecular weight excluding hydrogens is 214 g/mol. The average Bonchev–Trinajstić information content (AvgIpc) is 2.82. The van der Waals surface area contributed by atoms with Gasteiger partial charge in [-0.15, -0.1) is 5.10 Å². The molecule has 5 heteroatoms. The van der Waals surface area contributed by atoms with E-state index in [1.807, 2.05) is 0 Å². The Morgan fingerprint density at radius 2 is 2.41 bits per heavy atom. The molecule has 0 amide bonds. The number of aromatic nitrogens is 2. The highest BCUT2D eigenvalue weighted by Crippen LogP contribution is 2.29. The van der Waals surface area contributed by atoms with E-state index >= 15 is 0 Å². The molecule has 0 bridgehead atoms. The van der Waals surface area contributed by atoms with E-state index < -0.39 is 0 Å². The highest BCUT2D eigenvalue weighted by atomic mass is 15.3. The van der Waals surface area contributed by atoms with Crippen molar-refractivity contribution in [1.82, 2.24) is 15.5 Å². The summed E-state index contributed by atoms with van der Waals surface area (Å²) in [5.74, 6) is 1.43. The number of hydrogen-bond donors (Lipinski definition) is 1. The molecular formula is C12H15N5. The van der Waals surface area contributed by atoms with Crippen LogP contribution in [-0.2, 0) is 0 Å². The lowest BCUT2D eigenvalue weighted by molar-refractivity contribution is 0.340. The number of nitriles is 1. The van der Waals surface area contributed by atoms with E-state index in [1.54, 1.807) is 12.3 Å². The van der Waals surface area contributed by atoms with Crippen molar-refractivity contribution in [2.75, 3.05) is 24.5 Å². The van der Waals surface area contributed by atoms with Gasteiger partial charge in [-0.25, -0.2) is 0 Å². The van der Waals surface area contributed by atoms with E-state index in [0.717, 1.165) is 25.5 Å². The summed E-state index contributed by atoms with van der Waals surface area (Å²) in [4.78, 5) is 2.19. The number of hydrogen-bond acceptors (Lipinski definition) is 5. The third kappa shape index (κ3) is 1.85. The molecule has 2 fully saturated rings. The van der Waals surface area contributed by atoms with Gasteiger partial charge in [-0.2, -0.15) is 10.4 Å².